The van der Waals surface area contributed by atoms with Gasteiger partial charge in [-0.05, 0) is 37.8 Å². The third-order valence-corrected chi connectivity index (χ3v) is 3.66. The van der Waals surface area contributed by atoms with Gasteiger partial charge < -0.3 is 4.74 Å². The van der Waals surface area contributed by atoms with E-state index in [0.29, 0.717) is 12.5 Å². The number of benzene rings is 1. The highest BCUT2D eigenvalue weighted by Gasteiger charge is 2.01. The molecule has 0 atom stereocenters. The van der Waals surface area contributed by atoms with Gasteiger partial charge in [0.1, 0.15) is 6.61 Å². The van der Waals surface area contributed by atoms with Crippen LogP contribution in [0.15, 0.2) is 84.3 Å². The van der Waals surface area contributed by atoms with Crippen molar-refractivity contribution < 1.29 is 4.74 Å². The largest absolute Gasteiger partial charge is 0.472 e. The SMILES string of the molecule is C=C(/N=C\C(=C/C)c1ccccn1)OCc1ccc2ccccc2n1. The van der Waals surface area contributed by atoms with Crippen molar-refractivity contribution in [2.75, 3.05) is 0 Å². The Labute approximate surface area is 147 Å². The van der Waals surface area contributed by atoms with E-state index in [-0.39, 0.29) is 0 Å². The standard InChI is InChI=1S/C21H19N3O/c1-3-17(20-9-6-7-13-22-20)14-23-16(2)25-15-19-12-11-18-8-4-5-10-21(18)24-19/h3-14H,2,15H2,1H3/b17-3+,23-14-. The number of rotatable bonds is 6. The third-order valence-electron chi connectivity index (χ3n) is 3.66. The fourth-order valence-electron chi connectivity index (χ4n) is 2.35. The van der Waals surface area contributed by atoms with Gasteiger partial charge in [0, 0.05) is 23.4 Å². The van der Waals surface area contributed by atoms with Crippen LogP contribution in [0.2, 0.25) is 0 Å². The number of ether oxygens (including phenoxy) is 1. The molecule has 25 heavy (non-hydrogen) atoms. The summed E-state index contributed by atoms with van der Waals surface area (Å²) in [5.41, 5.74) is 3.56. The summed E-state index contributed by atoms with van der Waals surface area (Å²) in [5.74, 6) is 0.338. The summed E-state index contributed by atoms with van der Waals surface area (Å²) in [6, 6.07) is 17.7. The van der Waals surface area contributed by atoms with Crippen molar-refractivity contribution in [1.29, 1.82) is 0 Å². The predicted octanol–water partition coefficient (Wildman–Crippen LogP) is 4.79. The lowest BCUT2D eigenvalue weighted by Crippen LogP contribution is -1.96. The molecule has 3 rings (SSSR count). The van der Waals surface area contributed by atoms with Crippen LogP contribution < -0.4 is 0 Å². The molecule has 0 spiro atoms. The lowest BCUT2D eigenvalue weighted by atomic mass is 10.2. The Bertz CT molecular complexity index is 930. The second-order valence-electron chi connectivity index (χ2n) is 5.39. The molecule has 0 aliphatic rings. The number of hydrogen-bond acceptors (Lipinski definition) is 4. The highest BCUT2D eigenvalue weighted by atomic mass is 16.5. The lowest BCUT2D eigenvalue weighted by Gasteiger charge is -2.06. The quantitative estimate of drug-likeness (QED) is 0.482. The van der Waals surface area contributed by atoms with E-state index in [1.807, 2.05) is 67.6 Å². The fourth-order valence-corrected chi connectivity index (χ4v) is 2.35. The summed E-state index contributed by atoms with van der Waals surface area (Å²) in [6.07, 6.45) is 5.41. The van der Waals surface area contributed by atoms with E-state index in [1.54, 1.807) is 12.4 Å². The molecule has 0 N–H and O–H groups in total. The normalized spacial score (nSPS) is 11.8. The second kappa shape index (κ2) is 8.02. The van der Waals surface area contributed by atoms with Crippen molar-refractivity contribution >= 4 is 22.7 Å². The van der Waals surface area contributed by atoms with E-state index in [0.717, 1.165) is 27.9 Å². The summed E-state index contributed by atoms with van der Waals surface area (Å²) >= 11 is 0. The van der Waals surface area contributed by atoms with Crippen LogP contribution in [0.5, 0.6) is 0 Å². The molecule has 0 radical (unpaired) electrons. The molecule has 1 aromatic carbocycles. The first-order chi connectivity index (χ1) is 12.3. The van der Waals surface area contributed by atoms with Gasteiger partial charge in [-0.25, -0.2) is 9.98 Å². The van der Waals surface area contributed by atoms with Gasteiger partial charge in [0.2, 0.25) is 5.88 Å². The molecule has 0 unspecified atom stereocenters. The topological polar surface area (TPSA) is 47.4 Å². The van der Waals surface area contributed by atoms with Crippen LogP contribution >= 0.6 is 0 Å². The molecule has 0 saturated heterocycles. The first kappa shape index (κ1) is 16.6. The number of hydrogen-bond donors (Lipinski definition) is 0. The molecular weight excluding hydrogens is 310 g/mol. The molecule has 124 valence electrons. The van der Waals surface area contributed by atoms with E-state index < -0.39 is 0 Å². The maximum atomic E-state index is 5.61. The zero-order chi connectivity index (χ0) is 17.5. The predicted molar refractivity (Wildman–Crippen MR) is 102 cm³/mol. The molecule has 2 heterocycles. The number of aliphatic imine (C=N–C) groups is 1. The van der Waals surface area contributed by atoms with Crippen LogP contribution in [-0.2, 0) is 11.3 Å². The van der Waals surface area contributed by atoms with E-state index in [2.05, 4.69) is 21.5 Å². The van der Waals surface area contributed by atoms with Gasteiger partial charge in [0.05, 0.1) is 16.9 Å². The van der Waals surface area contributed by atoms with Gasteiger partial charge in [-0.1, -0.05) is 36.4 Å². The van der Waals surface area contributed by atoms with Gasteiger partial charge in [-0.2, -0.15) is 0 Å². The van der Waals surface area contributed by atoms with Crippen molar-refractivity contribution in [1.82, 2.24) is 9.97 Å². The molecule has 4 heteroatoms. The first-order valence-corrected chi connectivity index (χ1v) is 8.04. The van der Waals surface area contributed by atoms with Gasteiger partial charge >= 0.3 is 0 Å². The van der Waals surface area contributed by atoms with Gasteiger partial charge in [-0.3, -0.25) is 4.98 Å². The van der Waals surface area contributed by atoms with Crippen LogP contribution in [0.4, 0.5) is 0 Å². The molecule has 0 amide bonds. The fraction of sp³-hybridized carbons (Fsp3) is 0.0952. The van der Waals surface area contributed by atoms with Crippen molar-refractivity contribution in [2.45, 2.75) is 13.5 Å². The number of para-hydroxylation sites is 1. The summed E-state index contributed by atoms with van der Waals surface area (Å²) in [5, 5.41) is 1.11. The monoisotopic (exact) mass is 329 g/mol. The Morgan fingerprint density at radius 1 is 1.12 bits per heavy atom. The highest BCUT2D eigenvalue weighted by Crippen LogP contribution is 2.14. The number of allylic oxidation sites excluding steroid dienone is 2. The van der Waals surface area contributed by atoms with Crippen molar-refractivity contribution in [3.63, 3.8) is 0 Å². The van der Waals surface area contributed by atoms with Crippen LogP contribution in [0.1, 0.15) is 18.3 Å². The average Bonchev–Trinajstić information content (AvgIpc) is 2.67. The summed E-state index contributed by atoms with van der Waals surface area (Å²) in [7, 11) is 0. The number of nitrogens with zero attached hydrogens (tertiary/aromatic N) is 3. The van der Waals surface area contributed by atoms with E-state index in [9.17, 15) is 0 Å². The molecule has 3 aromatic rings. The summed E-state index contributed by atoms with van der Waals surface area (Å²) in [4.78, 5) is 13.1. The minimum Gasteiger partial charge on any atom is -0.472 e. The van der Waals surface area contributed by atoms with Gasteiger partial charge in [0.25, 0.3) is 0 Å². The Balaban J connectivity index is 1.62. The van der Waals surface area contributed by atoms with Gasteiger partial charge in [-0.15, -0.1) is 0 Å². The van der Waals surface area contributed by atoms with Crippen LogP contribution in [0.3, 0.4) is 0 Å². The van der Waals surface area contributed by atoms with Crippen LogP contribution in [0.25, 0.3) is 16.5 Å². The molecule has 0 aliphatic carbocycles. The molecule has 0 aliphatic heterocycles. The Morgan fingerprint density at radius 2 is 1.96 bits per heavy atom. The minimum atomic E-state index is 0.329. The van der Waals surface area contributed by atoms with Gasteiger partial charge in [0.15, 0.2) is 0 Å². The van der Waals surface area contributed by atoms with E-state index in [1.165, 1.54) is 0 Å². The lowest BCUT2D eigenvalue weighted by molar-refractivity contribution is 0.195. The van der Waals surface area contributed by atoms with Crippen molar-refractivity contribution in [3.05, 3.63) is 90.7 Å². The van der Waals surface area contributed by atoms with Crippen molar-refractivity contribution in [3.8, 4) is 0 Å². The average molecular weight is 329 g/mol. The molecule has 4 nitrogen and oxygen atoms in total. The number of fused-ring (bicyclic) bond motifs is 1. The molecule has 0 fully saturated rings. The molecular formula is C21H19N3O. The maximum Gasteiger partial charge on any atom is 0.206 e. The minimum absolute atomic E-state index is 0.329. The smallest absolute Gasteiger partial charge is 0.206 e. The highest BCUT2D eigenvalue weighted by molar-refractivity contribution is 6.09. The molecule has 2 aromatic heterocycles. The number of pyridine rings is 2. The molecule has 0 saturated carbocycles. The maximum absolute atomic E-state index is 5.61. The molecule has 0 bridgehead atoms. The Kier molecular flexibility index (Phi) is 5.32. The third kappa shape index (κ3) is 4.38. The van der Waals surface area contributed by atoms with E-state index >= 15 is 0 Å². The van der Waals surface area contributed by atoms with Crippen LogP contribution in [0, 0.1) is 0 Å². The number of aromatic nitrogens is 2. The van der Waals surface area contributed by atoms with Crippen LogP contribution in [-0.4, -0.2) is 16.2 Å². The first-order valence-electron chi connectivity index (χ1n) is 8.04. The summed E-state index contributed by atoms with van der Waals surface area (Å²) in [6.45, 7) is 6.11. The second-order valence-corrected chi connectivity index (χ2v) is 5.39. The Morgan fingerprint density at radius 3 is 2.76 bits per heavy atom. The van der Waals surface area contributed by atoms with Crippen molar-refractivity contribution in [2.24, 2.45) is 4.99 Å². The van der Waals surface area contributed by atoms with E-state index in [4.69, 9.17) is 4.74 Å². The Hall–Kier alpha value is -3.27. The zero-order valence-corrected chi connectivity index (χ0v) is 14.1. The zero-order valence-electron chi connectivity index (χ0n) is 14.1. The summed E-state index contributed by atoms with van der Waals surface area (Å²) < 4.78 is 5.61.